The van der Waals surface area contributed by atoms with Gasteiger partial charge in [0.25, 0.3) is 11.5 Å². The zero-order chi connectivity index (χ0) is 15.6. The highest BCUT2D eigenvalue weighted by molar-refractivity contribution is 6.05. The summed E-state index contributed by atoms with van der Waals surface area (Å²) in [5.41, 5.74) is 4.08. The summed E-state index contributed by atoms with van der Waals surface area (Å²) in [5, 5.41) is 9.62. The van der Waals surface area contributed by atoms with Gasteiger partial charge in [0.2, 0.25) is 5.91 Å². The summed E-state index contributed by atoms with van der Waals surface area (Å²) in [6.45, 7) is 3.37. The van der Waals surface area contributed by atoms with Crippen molar-refractivity contribution < 1.29 is 9.59 Å². The summed E-state index contributed by atoms with van der Waals surface area (Å²) >= 11 is 0. The number of aromatic nitrogens is 2. The van der Waals surface area contributed by atoms with Crippen LogP contribution < -0.4 is 16.6 Å². The van der Waals surface area contributed by atoms with E-state index in [4.69, 9.17) is 5.73 Å². The van der Waals surface area contributed by atoms with Gasteiger partial charge in [0.1, 0.15) is 0 Å². The van der Waals surface area contributed by atoms with Crippen molar-refractivity contribution in [1.82, 2.24) is 15.5 Å². The summed E-state index contributed by atoms with van der Waals surface area (Å²) in [5.74, 6) is -0.992. The van der Waals surface area contributed by atoms with E-state index in [0.717, 1.165) is 0 Å². The molecule has 0 fully saturated rings. The molecule has 0 spiro atoms. The standard InChI is InChI=1S/C14H16N4O3/c1-14(2,7-10(15)19)16-13(21)11-8-5-3-4-6-9(8)12(20)18-17-11/h3-6H,7H2,1-2H3,(H2,15,19)(H,16,21)(H,18,20). The molecule has 2 aromatic rings. The highest BCUT2D eigenvalue weighted by Gasteiger charge is 2.25. The second kappa shape index (κ2) is 5.35. The molecule has 7 heteroatoms. The minimum absolute atomic E-state index is 0.0000257. The lowest BCUT2D eigenvalue weighted by Crippen LogP contribution is -2.46. The van der Waals surface area contributed by atoms with Crippen molar-refractivity contribution in [2.45, 2.75) is 25.8 Å². The van der Waals surface area contributed by atoms with Crippen LogP contribution in [-0.2, 0) is 4.79 Å². The highest BCUT2D eigenvalue weighted by Crippen LogP contribution is 2.14. The highest BCUT2D eigenvalue weighted by atomic mass is 16.2. The van der Waals surface area contributed by atoms with Gasteiger partial charge in [0.15, 0.2) is 5.69 Å². The molecule has 2 amide bonds. The van der Waals surface area contributed by atoms with Crippen LogP contribution in [0.2, 0.25) is 0 Å². The van der Waals surface area contributed by atoms with Crippen LogP contribution in [0.5, 0.6) is 0 Å². The number of fused-ring (bicyclic) bond motifs is 1. The lowest BCUT2D eigenvalue weighted by Gasteiger charge is -2.24. The van der Waals surface area contributed by atoms with Crippen LogP contribution in [0.1, 0.15) is 30.8 Å². The number of rotatable bonds is 4. The van der Waals surface area contributed by atoms with Crippen molar-refractivity contribution >= 4 is 22.6 Å². The van der Waals surface area contributed by atoms with Gasteiger partial charge in [0.05, 0.1) is 5.39 Å². The Kier molecular flexibility index (Phi) is 3.75. The molecule has 1 aromatic heterocycles. The molecule has 0 radical (unpaired) electrons. The van der Waals surface area contributed by atoms with Crippen molar-refractivity contribution in [2.75, 3.05) is 0 Å². The van der Waals surface area contributed by atoms with Crippen molar-refractivity contribution in [3.8, 4) is 0 Å². The normalized spacial score (nSPS) is 11.3. The van der Waals surface area contributed by atoms with Crippen LogP contribution in [0.15, 0.2) is 29.1 Å². The zero-order valence-electron chi connectivity index (χ0n) is 11.8. The average Bonchev–Trinajstić information content (AvgIpc) is 2.37. The summed E-state index contributed by atoms with van der Waals surface area (Å²) in [6, 6.07) is 6.68. The maximum absolute atomic E-state index is 12.3. The quantitative estimate of drug-likeness (QED) is 0.750. The van der Waals surface area contributed by atoms with Crippen molar-refractivity contribution in [2.24, 2.45) is 5.73 Å². The van der Waals surface area contributed by atoms with E-state index in [1.807, 2.05) is 0 Å². The molecule has 1 aromatic carbocycles. The topological polar surface area (TPSA) is 118 Å². The number of hydrogen-bond donors (Lipinski definition) is 3. The van der Waals surface area contributed by atoms with E-state index >= 15 is 0 Å². The maximum Gasteiger partial charge on any atom is 0.272 e. The van der Waals surface area contributed by atoms with Crippen molar-refractivity contribution in [1.29, 1.82) is 0 Å². The molecule has 0 aliphatic carbocycles. The first-order valence-electron chi connectivity index (χ1n) is 6.38. The van der Waals surface area contributed by atoms with Crippen LogP contribution >= 0.6 is 0 Å². The van der Waals surface area contributed by atoms with Gasteiger partial charge in [-0.1, -0.05) is 18.2 Å². The molecule has 0 bridgehead atoms. The molecule has 110 valence electrons. The second-order valence-corrected chi connectivity index (χ2v) is 5.43. The van der Waals surface area contributed by atoms with E-state index in [-0.39, 0.29) is 17.7 Å². The number of H-pyrrole nitrogens is 1. The first-order chi connectivity index (χ1) is 9.80. The number of benzene rings is 1. The van der Waals surface area contributed by atoms with Gasteiger partial charge in [-0.15, -0.1) is 0 Å². The minimum atomic E-state index is -0.804. The molecule has 0 saturated carbocycles. The van der Waals surface area contributed by atoms with Gasteiger partial charge in [-0.2, -0.15) is 5.10 Å². The third-order valence-corrected chi connectivity index (χ3v) is 2.98. The van der Waals surface area contributed by atoms with Crippen LogP contribution in [0.3, 0.4) is 0 Å². The minimum Gasteiger partial charge on any atom is -0.370 e. The molecule has 2 rings (SSSR count). The van der Waals surface area contributed by atoms with Gasteiger partial charge < -0.3 is 11.1 Å². The summed E-state index contributed by atoms with van der Waals surface area (Å²) in [7, 11) is 0. The molecule has 0 saturated heterocycles. The number of nitrogens with one attached hydrogen (secondary N) is 2. The van der Waals surface area contributed by atoms with E-state index < -0.39 is 17.4 Å². The van der Waals surface area contributed by atoms with Gasteiger partial charge in [0, 0.05) is 17.3 Å². The van der Waals surface area contributed by atoms with Gasteiger partial charge in [-0.3, -0.25) is 14.4 Å². The molecule has 0 aliphatic heterocycles. The van der Waals surface area contributed by atoms with Crippen LogP contribution in [0, 0.1) is 0 Å². The third kappa shape index (κ3) is 3.25. The number of nitrogens with zero attached hydrogens (tertiary/aromatic N) is 1. The molecule has 0 unspecified atom stereocenters. The number of aromatic amines is 1. The molecule has 0 aliphatic rings. The average molecular weight is 288 g/mol. The Balaban J connectivity index is 2.39. The zero-order valence-corrected chi connectivity index (χ0v) is 11.8. The van der Waals surface area contributed by atoms with E-state index in [9.17, 15) is 14.4 Å². The summed E-state index contributed by atoms with van der Waals surface area (Å²) in [6.07, 6.45) is 0.0000257. The maximum atomic E-state index is 12.3. The molecule has 1 heterocycles. The lowest BCUT2D eigenvalue weighted by molar-refractivity contribution is -0.119. The number of nitrogens with two attached hydrogens (primary N) is 1. The monoisotopic (exact) mass is 288 g/mol. The fraction of sp³-hybridized carbons (Fsp3) is 0.286. The largest absolute Gasteiger partial charge is 0.370 e. The summed E-state index contributed by atoms with van der Waals surface area (Å²) < 4.78 is 0. The first-order valence-corrected chi connectivity index (χ1v) is 6.38. The van der Waals surface area contributed by atoms with Crippen molar-refractivity contribution in [3.63, 3.8) is 0 Å². The Morgan fingerprint density at radius 3 is 2.52 bits per heavy atom. The van der Waals surface area contributed by atoms with Crippen LogP contribution in [0.4, 0.5) is 0 Å². The number of carbonyl (C=O) groups excluding carboxylic acids is 2. The SMILES string of the molecule is CC(C)(CC(N)=O)NC(=O)c1n[nH]c(=O)c2ccccc12. The van der Waals surface area contributed by atoms with Crippen molar-refractivity contribution in [3.05, 3.63) is 40.3 Å². The van der Waals surface area contributed by atoms with E-state index in [2.05, 4.69) is 15.5 Å². The Morgan fingerprint density at radius 2 is 1.90 bits per heavy atom. The molecular weight excluding hydrogens is 272 g/mol. The van der Waals surface area contributed by atoms with E-state index in [0.29, 0.717) is 10.8 Å². The molecule has 0 atom stereocenters. The summed E-state index contributed by atoms with van der Waals surface area (Å²) in [4.78, 5) is 35.0. The lowest BCUT2D eigenvalue weighted by atomic mass is 9.99. The fourth-order valence-corrected chi connectivity index (χ4v) is 2.13. The first kappa shape index (κ1) is 14.7. The Bertz CT molecular complexity index is 764. The molecule has 4 N–H and O–H groups in total. The van der Waals surface area contributed by atoms with Gasteiger partial charge >= 0.3 is 0 Å². The Labute approximate surface area is 120 Å². The van der Waals surface area contributed by atoms with E-state index in [1.54, 1.807) is 38.1 Å². The third-order valence-electron chi connectivity index (χ3n) is 2.98. The Morgan fingerprint density at radius 1 is 1.29 bits per heavy atom. The van der Waals surface area contributed by atoms with Crippen LogP contribution in [0.25, 0.3) is 10.8 Å². The fourth-order valence-electron chi connectivity index (χ4n) is 2.13. The number of hydrogen-bond acceptors (Lipinski definition) is 4. The number of primary amides is 1. The van der Waals surface area contributed by atoms with Gasteiger partial charge in [-0.05, 0) is 19.9 Å². The predicted octanol–water partition coefficient (Wildman–Crippen LogP) is 0.307. The Hall–Kier alpha value is -2.70. The van der Waals surface area contributed by atoms with Gasteiger partial charge in [-0.25, -0.2) is 5.10 Å². The smallest absolute Gasteiger partial charge is 0.272 e. The predicted molar refractivity (Wildman–Crippen MR) is 77.7 cm³/mol. The number of carbonyl (C=O) groups is 2. The molecular formula is C14H16N4O3. The van der Waals surface area contributed by atoms with E-state index in [1.165, 1.54) is 0 Å². The number of amides is 2. The van der Waals surface area contributed by atoms with Crippen LogP contribution in [-0.4, -0.2) is 27.6 Å². The molecule has 21 heavy (non-hydrogen) atoms. The molecule has 7 nitrogen and oxygen atoms in total. The second-order valence-electron chi connectivity index (χ2n) is 5.43.